The predicted octanol–water partition coefficient (Wildman–Crippen LogP) is 4.44. The van der Waals surface area contributed by atoms with Crippen molar-refractivity contribution in [3.63, 3.8) is 0 Å². The van der Waals surface area contributed by atoms with Gasteiger partial charge in [-0.05, 0) is 65.1 Å². The minimum absolute atomic E-state index is 0.0506. The first-order valence-electron chi connectivity index (χ1n) is 13.3. The average Bonchev–Trinajstić information content (AvgIpc) is 3.57. The molecule has 3 heterocycles. The second kappa shape index (κ2) is 11.4. The molecular formula is C29H36N6O2. The number of tetrazole rings is 1. The standard InChI is InChI=1S/C29H36N6O2/c1-20(2)27(28-31-32-33-35(28)15-14-22-10-5-4-6-11-22)34(19-25-13-8-16-37-25)18-24-17-23-12-7-9-21(3)26(23)30-29(24)36/h4-7,9-12,17,20,25,27H,8,13-16,18-19H2,1-3H3,(H,30,36). The Kier molecular flexibility index (Phi) is 7.76. The summed E-state index contributed by atoms with van der Waals surface area (Å²) in [5.41, 5.74) is 3.90. The number of aryl methyl sites for hydroxylation is 3. The summed E-state index contributed by atoms with van der Waals surface area (Å²) < 4.78 is 7.96. The molecule has 1 N–H and O–H groups in total. The summed E-state index contributed by atoms with van der Waals surface area (Å²) in [5, 5.41) is 14.0. The second-order valence-electron chi connectivity index (χ2n) is 10.4. The zero-order valence-corrected chi connectivity index (χ0v) is 21.9. The van der Waals surface area contributed by atoms with Gasteiger partial charge in [0.15, 0.2) is 5.82 Å². The molecule has 0 spiro atoms. The van der Waals surface area contributed by atoms with Crippen LogP contribution in [0.25, 0.3) is 10.9 Å². The summed E-state index contributed by atoms with van der Waals surface area (Å²) in [6, 6.07) is 18.4. The zero-order valence-electron chi connectivity index (χ0n) is 21.9. The number of para-hydroxylation sites is 1. The van der Waals surface area contributed by atoms with E-state index in [0.717, 1.165) is 60.3 Å². The number of hydrogen-bond acceptors (Lipinski definition) is 6. The maximum atomic E-state index is 13.2. The molecular weight excluding hydrogens is 464 g/mol. The largest absolute Gasteiger partial charge is 0.377 e. The monoisotopic (exact) mass is 500 g/mol. The molecule has 4 aromatic rings. The van der Waals surface area contributed by atoms with E-state index in [9.17, 15) is 4.79 Å². The van der Waals surface area contributed by atoms with E-state index in [-0.39, 0.29) is 23.6 Å². The summed E-state index contributed by atoms with van der Waals surface area (Å²) >= 11 is 0. The van der Waals surface area contributed by atoms with Crippen molar-refractivity contribution < 1.29 is 4.74 Å². The molecule has 1 aliphatic rings. The molecule has 0 bridgehead atoms. The maximum absolute atomic E-state index is 13.2. The number of nitrogens with one attached hydrogen (secondary N) is 1. The number of pyridine rings is 1. The number of rotatable bonds is 10. The highest BCUT2D eigenvalue weighted by Crippen LogP contribution is 2.30. The van der Waals surface area contributed by atoms with Crippen LogP contribution in [0.3, 0.4) is 0 Å². The molecule has 8 heteroatoms. The minimum atomic E-state index is -0.0671. The Morgan fingerprint density at radius 2 is 2.00 bits per heavy atom. The van der Waals surface area contributed by atoms with E-state index in [2.05, 4.69) is 69.6 Å². The first-order chi connectivity index (χ1) is 18.0. The number of aromatic nitrogens is 5. The van der Waals surface area contributed by atoms with Gasteiger partial charge in [-0.15, -0.1) is 5.10 Å². The zero-order chi connectivity index (χ0) is 25.8. The average molecular weight is 501 g/mol. The first kappa shape index (κ1) is 25.3. The van der Waals surface area contributed by atoms with Gasteiger partial charge in [-0.25, -0.2) is 4.68 Å². The Balaban J connectivity index is 1.47. The van der Waals surface area contributed by atoms with E-state index >= 15 is 0 Å². The van der Waals surface area contributed by atoms with Crippen molar-refractivity contribution in [2.24, 2.45) is 5.92 Å². The molecule has 0 aliphatic carbocycles. The molecule has 2 atom stereocenters. The van der Waals surface area contributed by atoms with Gasteiger partial charge in [0.25, 0.3) is 5.56 Å². The van der Waals surface area contributed by atoms with E-state index in [1.807, 2.05) is 35.9 Å². The van der Waals surface area contributed by atoms with Crippen molar-refractivity contribution in [3.05, 3.63) is 87.5 Å². The molecule has 0 amide bonds. The first-order valence-corrected chi connectivity index (χ1v) is 13.3. The van der Waals surface area contributed by atoms with Crippen LogP contribution in [0.5, 0.6) is 0 Å². The molecule has 1 aliphatic heterocycles. The number of H-pyrrole nitrogens is 1. The van der Waals surface area contributed by atoms with Crippen molar-refractivity contribution in [1.82, 2.24) is 30.1 Å². The molecule has 1 saturated heterocycles. The lowest BCUT2D eigenvalue weighted by atomic mass is 9.99. The fourth-order valence-corrected chi connectivity index (χ4v) is 5.44. The van der Waals surface area contributed by atoms with E-state index in [1.165, 1.54) is 5.56 Å². The smallest absolute Gasteiger partial charge is 0.252 e. The SMILES string of the molecule is Cc1cccc2cc(CN(CC3CCCO3)C(c3nnnn3CCc3ccccc3)C(C)C)c(=O)[nH]c12. The molecule has 2 aromatic carbocycles. The van der Waals surface area contributed by atoms with Crippen LogP contribution in [-0.4, -0.2) is 49.3 Å². The number of hydrogen-bond donors (Lipinski definition) is 1. The Morgan fingerprint density at radius 1 is 1.16 bits per heavy atom. The van der Waals surface area contributed by atoms with Crippen LogP contribution in [0.4, 0.5) is 0 Å². The predicted molar refractivity (Wildman–Crippen MR) is 144 cm³/mol. The lowest BCUT2D eigenvalue weighted by Gasteiger charge is -2.35. The third-order valence-corrected chi connectivity index (χ3v) is 7.30. The fourth-order valence-electron chi connectivity index (χ4n) is 5.44. The lowest BCUT2D eigenvalue weighted by Crippen LogP contribution is -2.40. The Hall–Kier alpha value is -3.36. The Labute approximate surface area is 217 Å². The highest BCUT2D eigenvalue weighted by molar-refractivity contribution is 5.81. The number of aromatic amines is 1. The third-order valence-electron chi connectivity index (χ3n) is 7.30. The number of ether oxygens (including phenoxy) is 1. The van der Waals surface area contributed by atoms with Gasteiger partial charge in [-0.1, -0.05) is 62.4 Å². The summed E-state index contributed by atoms with van der Waals surface area (Å²) in [6.45, 7) is 9.10. The van der Waals surface area contributed by atoms with Gasteiger partial charge in [0.05, 0.1) is 17.7 Å². The van der Waals surface area contributed by atoms with E-state index < -0.39 is 0 Å². The number of nitrogens with zero attached hydrogens (tertiary/aromatic N) is 5. The molecule has 2 aromatic heterocycles. The third kappa shape index (κ3) is 5.81. The van der Waals surface area contributed by atoms with Crippen LogP contribution in [0.15, 0.2) is 59.4 Å². The van der Waals surface area contributed by atoms with Gasteiger partial charge >= 0.3 is 0 Å². The molecule has 5 rings (SSSR count). The highest BCUT2D eigenvalue weighted by atomic mass is 16.5. The van der Waals surface area contributed by atoms with Crippen LogP contribution < -0.4 is 5.56 Å². The summed E-state index contributed by atoms with van der Waals surface area (Å²) in [5.74, 6) is 1.06. The topological polar surface area (TPSA) is 88.9 Å². The van der Waals surface area contributed by atoms with Crippen molar-refractivity contribution in [2.75, 3.05) is 13.2 Å². The van der Waals surface area contributed by atoms with Crippen LogP contribution in [0.2, 0.25) is 0 Å². The van der Waals surface area contributed by atoms with Crippen molar-refractivity contribution in [1.29, 1.82) is 0 Å². The Bertz CT molecular complexity index is 1370. The lowest BCUT2D eigenvalue weighted by molar-refractivity contribution is 0.0384. The van der Waals surface area contributed by atoms with Crippen molar-refractivity contribution in [2.45, 2.75) is 65.3 Å². The molecule has 37 heavy (non-hydrogen) atoms. The van der Waals surface area contributed by atoms with E-state index in [4.69, 9.17) is 4.74 Å². The summed E-state index contributed by atoms with van der Waals surface area (Å²) in [6.07, 6.45) is 3.07. The van der Waals surface area contributed by atoms with E-state index in [1.54, 1.807) is 0 Å². The molecule has 194 valence electrons. The van der Waals surface area contributed by atoms with E-state index in [0.29, 0.717) is 13.1 Å². The van der Waals surface area contributed by atoms with Crippen LogP contribution >= 0.6 is 0 Å². The summed E-state index contributed by atoms with van der Waals surface area (Å²) in [7, 11) is 0. The van der Waals surface area contributed by atoms with Gasteiger partial charge in [0.1, 0.15) is 0 Å². The van der Waals surface area contributed by atoms with Gasteiger partial charge in [0, 0.05) is 31.8 Å². The van der Waals surface area contributed by atoms with Crippen LogP contribution in [0, 0.1) is 12.8 Å². The molecule has 0 saturated carbocycles. The normalized spacial score (nSPS) is 16.7. The second-order valence-corrected chi connectivity index (χ2v) is 10.4. The molecule has 2 unspecified atom stereocenters. The van der Waals surface area contributed by atoms with Crippen molar-refractivity contribution >= 4 is 10.9 Å². The van der Waals surface area contributed by atoms with Gasteiger partial charge in [0.2, 0.25) is 0 Å². The highest BCUT2D eigenvalue weighted by Gasteiger charge is 2.32. The molecule has 0 radical (unpaired) electrons. The minimum Gasteiger partial charge on any atom is -0.377 e. The molecule has 8 nitrogen and oxygen atoms in total. The summed E-state index contributed by atoms with van der Waals surface area (Å²) in [4.78, 5) is 18.7. The number of fused-ring (bicyclic) bond motifs is 1. The fraction of sp³-hybridized carbons (Fsp3) is 0.448. The quantitative estimate of drug-likeness (QED) is 0.346. The van der Waals surface area contributed by atoms with Gasteiger partial charge in [-0.3, -0.25) is 9.69 Å². The Morgan fingerprint density at radius 3 is 2.76 bits per heavy atom. The maximum Gasteiger partial charge on any atom is 0.252 e. The van der Waals surface area contributed by atoms with Gasteiger partial charge < -0.3 is 9.72 Å². The number of benzene rings is 2. The van der Waals surface area contributed by atoms with Gasteiger partial charge in [-0.2, -0.15) is 0 Å². The molecule has 1 fully saturated rings. The van der Waals surface area contributed by atoms with Crippen molar-refractivity contribution in [3.8, 4) is 0 Å². The van der Waals surface area contributed by atoms with Crippen LogP contribution in [0.1, 0.15) is 55.2 Å². The van der Waals surface area contributed by atoms with Crippen LogP contribution in [-0.2, 0) is 24.2 Å².